The van der Waals surface area contributed by atoms with Crippen LogP contribution in [-0.2, 0) is 4.74 Å². The number of ether oxygens (including phenoxy) is 1. The zero-order chi connectivity index (χ0) is 22.2. The van der Waals surface area contributed by atoms with Crippen LogP contribution in [0.2, 0.25) is 0 Å². The number of aromatic nitrogens is 2. The lowest BCUT2D eigenvalue weighted by atomic mass is 10.1. The Hall–Kier alpha value is -2.65. The van der Waals surface area contributed by atoms with Crippen LogP contribution in [0.4, 0.5) is 23.3 Å². The lowest BCUT2D eigenvalue weighted by Crippen LogP contribution is -2.47. The molecule has 0 atom stereocenters. The van der Waals surface area contributed by atoms with E-state index in [0.29, 0.717) is 24.2 Å². The number of methoxy groups -OCH3 is 1. The molecule has 172 valence electrons. The summed E-state index contributed by atoms with van der Waals surface area (Å²) in [6.45, 7) is 7.07. The molecule has 2 fully saturated rings. The molecule has 2 aliphatic rings. The van der Waals surface area contributed by atoms with Crippen molar-refractivity contribution in [3.8, 4) is 0 Å². The second-order valence-electron chi connectivity index (χ2n) is 8.14. The van der Waals surface area contributed by atoms with Gasteiger partial charge in [-0.25, -0.2) is 0 Å². The molecule has 2 N–H and O–H groups in total. The van der Waals surface area contributed by atoms with Crippen molar-refractivity contribution >= 4 is 40.6 Å². The SMILES string of the molecule is COCCNC(=S)Nc1nc(N2CCCCC2)cc(N2CCN(c3ccccc3)CC2)n1. The topological polar surface area (TPSA) is 68.8 Å². The Balaban J connectivity index is 1.48. The number of hydrogen-bond acceptors (Lipinski definition) is 7. The first-order chi connectivity index (χ1) is 15.7. The van der Waals surface area contributed by atoms with E-state index in [0.717, 1.165) is 50.9 Å². The van der Waals surface area contributed by atoms with Gasteiger partial charge in [-0.1, -0.05) is 18.2 Å². The van der Waals surface area contributed by atoms with Gasteiger partial charge in [0.2, 0.25) is 5.95 Å². The predicted octanol–water partition coefficient (Wildman–Crippen LogP) is 2.73. The minimum absolute atomic E-state index is 0.512. The molecule has 0 spiro atoms. The third kappa shape index (κ3) is 5.98. The van der Waals surface area contributed by atoms with E-state index in [1.54, 1.807) is 7.11 Å². The Morgan fingerprint density at radius 2 is 1.53 bits per heavy atom. The van der Waals surface area contributed by atoms with E-state index in [1.807, 2.05) is 0 Å². The van der Waals surface area contributed by atoms with Gasteiger partial charge in [-0.05, 0) is 43.6 Å². The van der Waals surface area contributed by atoms with E-state index in [4.69, 9.17) is 26.9 Å². The molecule has 0 bridgehead atoms. The molecule has 3 heterocycles. The van der Waals surface area contributed by atoms with Crippen molar-refractivity contribution in [2.45, 2.75) is 19.3 Å². The van der Waals surface area contributed by atoms with E-state index in [1.165, 1.54) is 24.9 Å². The van der Waals surface area contributed by atoms with Crippen molar-refractivity contribution in [1.29, 1.82) is 0 Å². The van der Waals surface area contributed by atoms with Gasteiger partial charge in [-0.2, -0.15) is 9.97 Å². The molecule has 1 aromatic heterocycles. The molecular weight excluding hydrogens is 422 g/mol. The average molecular weight is 456 g/mol. The molecule has 2 saturated heterocycles. The molecule has 0 unspecified atom stereocenters. The van der Waals surface area contributed by atoms with E-state index in [9.17, 15) is 0 Å². The number of anilines is 4. The highest BCUT2D eigenvalue weighted by atomic mass is 32.1. The fourth-order valence-corrected chi connectivity index (χ4v) is 4.36. The van der Waals surface area contributed by atoms with Crippen molar-refractivity contribution < 1.29 is 4.74 Å². The summed E-state index contributed by atoms with van der Waals surface area (Å²) in [6.07, 6.45) is 3.69. The van der Waals surface area contributed by atoms with Gasteiger partial charge in [-0.3, -0.25) is 0 Å². The average Bonchev–Trinajstić information content (AvgIpc) is 2.85. The first-order valence-corrected chi connectivity index (χ1v) is 11.9. The standard InChI is InChI=1S/C23H33N7OS/c1-31-17-10-24-23(32)27-22-25-20(29-11-6-3-7-12-29)18-21(26-22)30-15-13-28(14-16-30)19-8-4-2-5-9-19/h2,4-5,8-9,18H,3,6-7,10-17H2,1H3,(H2,24,25,26,27,32). The van der Waals surface area contributed by atoms with Crippen LogP contribution in [-0.4, -0.2) is 74.6 Å². The Kier molecular flexibility index (Phi) is 7.95. The molecular formula is C23H33N7OS. The predicted molar refractivity (Wildman–Crippen MR) is 135 cm³/mol. The summed E-state index contributed by atoms with van der Waals surface area (Å²) in [6, 6.07) is 12.7. The van der Waals surface area contributed by atoms with Crippen molar-refractivity contribution in [3.63, 3.8) is 0 Å². The van der Waals surface area contributed by atoms with Crippen molar-refractivity contribution in [3.05, 3.63) is 36.4 Å². The molecule has 32 heavy (non-hydrogen) atoms. The van der Waals surface area contributed by atoms with Crippen LogP contribution in [0.1, 0.15) is 19.3 Å². The third-order valence-corrected chi connectivity index (χ3v) is 6.17. The van der Waals surface area contributed by atoms with Crippen LogP contribution in [0.15, 0.2) is 36.4 Å². The van der Waals surface area contributed by atoms with Gasteiger partial charge >= 0.3 is 0 Å². The zero-order valence-corrected chi connectivity index (χ0v) is 19.6. The summed E-state index contributed by atoms with van der Waals surface area (Å²) in [5.41, 5.74) is 1.28. The summed E-state index contributed by atoms with van der Waals surface area (Å²) in [4.78, 5) is 16.7. The van der Waals surface area contributed by atoms with Crippen LogP contribution >= 0.6 is 12.2 Å². The number of para-hydroxylation sites is 1. The minimum atomic E-state index is 0.512. The van der Waals surface area contributed by atoms with Gasteiger partial charge in [-0.15, -0.1) is 0 Å². The smallest absolute Gasteiger partial charge is 0.232 e. The summed E-state index contributed by atoms with van der Waals surface area (Å²) in [5, 5.41) is 6.82. The minimum Gasteiger partial charge on any atom is -0.383 e. The van der Waals surface area contributed by atoms with E-state index >= 15 is 0 Å². The van der Waals surface area contributed by atoms with Crippen molar-refractivity contribution in [2.24, 2.45) is 0 Å². The van der Waals surface area contributed by atoms with Crippen molar-refractivity contribution in [1.82, 2.24) is 15.3 Å². The van der Waals surface area contributed by atoms with Gasteiger partial charge < -0.3 is 30.1 Å². The molecule has 2 aliphatic heterocycles. The Bertz CT molecular complexity index is 868. The number of nitrogens with zero attached hydrogens (tertiary/aromatic N) is 5. The van der Waals surface area contributed by atoms with Gasteiger partial charge in [0.15, 0.2) is 5.11 Å². The first kappa shape index (κ1) is 22.5. The zero-order valence-electron chi connectivity index (χ0n) is 18.8. The molecule has 0 aliphatic carbocycles. The first-order valence-electron chi connectivity index (χ1n) is 11.5. The fourth-order valence-electron chi connectivity index (χ4n) is 4.17. The van der Waals surface area contributed by atoms with Gasteiger partial charge in [0.05, 0.1) is 6.61 Å². The van der Waals surface area contributed by atoms with Crippen LogP contribution in [0.5, 0.6) is 0 Å². The molecule has 8 nitrogen and oxygen atoms in total. The highest BCUT2D eigenvalue weighted by molar-refractivity contribution is 7.80. The number of thiocarbonyl (C=S) groups is 1. The number of rotatable bonds is 7. The van der Waals surface area contributed by atoms with E-state index in [-0.39, 0.29) is 0 Å². The molecule has 0 radical (unpaired) electrons. The highest BCUT2D eigenvalue weighted by Gasteiger charge is 2.22. The summed E-state index contributed by atoms with van der Waals surface area (Å²) < 4.78 is 5.08. The van der Waals surface area contributed by atoms with Crippen LogP contribution in [0.25, 0.3) is 0 Å². The second kappa shape index (κ2) is 11.3. The Labute approximate surface area is 196 Å². The molecule has 0 saturated carbocycles. The second-order valence-corrected chi connectivity index (χ2v) is 8.55. The maximum Gasteiger partial charge on any atom is 0.232 e. The van der Waals surface area contributed by atoms with Crippen LogP contribution in [0, 0.1) is 0 Å². The maximum absolute atomic E-state index is 5.43. The number of piperazine rings is 1. The van der Waals surface area contributed by atoms with E-state index in [2.05, 4.69) is 61.7 Å². The molecule has 9 heteroatoms. The van der Waals surface area contributed by atoms with Gasteiger partial charge in [0.1, 0.15) is 11.6 Å². The number of hydrogen-bond donors (Lipinski definition) is 2. The monoisotopic (exact) mass is 455 g/mol. The molecule has 4 rings (SSSR count). The summed E-state index contributed by atoms with van der Waals surface area (Å²) >= 11 is 5.43. The fraction of sp³-hybridized carbons (Fsp3) is 0.522. The summed E-state index contributed by atoms with van der Waals surface area (Å²) in [7, 11) is 1.67. The highest BCUT2D eigenvalue weighted by Crippen LogP contribution is 2.25. The van der Waals surface area contributed by atoms with E-state index < -0.39 is 0 Å². The molecule has 1 aromatic carbocycles. The normalized spacial score (nSPS) is 16.7. The van der Waals surface area contributed by atoms with Crippen LogP contribution < -0.4 is 25.3 Å². The van der Waals surface area contributed by atoms with Gasteiger partial charge in [0, 0.05) is 64.7 Å². The number of benzene rings is 1. The lowest BCUT2D eigenvalue weighted by molar-refractivity contribution is 0.204. The molecule has 0 amide bonds. The maximum atomic E-state index is 5.43. The Morgan fingerprint density at radius 1 is 0.906 bits per heavy atom. The number of piperidine rings is 1. The lowest BCUT2D eigenvalue weighted by Gasteiger charge is -2.37. The van der Waals surface area contributed by atoms with Crippen LogP contribution in [0.3, 0.4) is 0 Å². The van der Waals surface area contributed by atoms with Gasteiger partial charge in [0.25, 0.3) is 0 Å². The third-order valence-electron chi connectivity index (χ3n) is 5.92. The Morgan fingerprint density at radius 3 is 2.19 bits per heavy atom. The quantitative estimate of drug-likeness (QED) is 0.484. The molecule has 2 aromatic rings. The summed E-state index contributed by atoms with van der Waals surface area (Å²) in [5.74, 6) is 2.47. The largest absolute Gasteiger partial charge is 0.383 e. The van der Waals surface area contributed by atoms with Crippen molar-refractivity contribution in [2.75, 3.05) is 79.5 Å². The number of nitrogens with one attached hydrogen (secondary N) is 2.